The second-order valence-electron chi connectivity index (χ2n) is 8.78. The Kier molecular flexibility index (Phi) is 26.2. The van der Waals surface area contributed by atoms with Gasteiger partial charge in [-0.2, -0.15) is 0 Å². The Morgan fingerprint density at radius 2 is 0.455 bits per heavy atom. The fourth-order valence-electron chi connectivity index (χ4n) is 2.82. The zero-order valence-electron chi connectivity index (χ0n) is 24.6. The van der Waals surface area contributed by atoms with Crippen molar-refractivity contribution in [3.8, 4) is 0 Å². The van der Waals surface area contributed by atoms with Gasteiger partial charge in [0.05, 0.1) is 23.6 Å². The smallest absolute Gasteiger partial charge is 1.00 e. The summed E-state index contributed by atoms with van der Waals surface area (Å²) in [5.41, 5.74) is 33.2. The van der Waals surface area contributed by atoms with Gasteiger partial charge in [-0.1, -0.05) is 119 Å². The van der Waals surface area contributed by atoms with Gasteiger partial charge >= 0.3 is 43.4 Å². The third kappa shape index (κ3) is 19.3. The van der Waals surface area contributed by atoms with Crippen molar-refractivity contribution in [1.29, 1.82) is 0 Å². The second-order valence-corrected chi connectivity index (χ2v) is 8.78. The van der Waals surface area contributed by atoms with Gasteiger partial charge in [0, 0.05) is 0 Å². The van der Waals surface area contributed by atoms with Gasteiger partial charge in [-0.15, -0.1) is 0 Å². The first-order valence-electron chi connectivity index (χ1n) is 12.1. The van der Waals surface area contributed by atoms with Crippen LogP contribution < -0.4 is 9.41 Å². The minimum atomic E-state index is -0.625. The molecule has 0 fully saturated rings. The van der Waals surface area contributed by atoms with Gasteiger partial charge < -0.3 is 51.5 Å². The van der Waals surface area contributed by atoms with Crippen LogP contribution >= 0.6 is 0 Å². The summed E-state index contributed by atoms with van der Waals surface area (Å²) in [4.78, 5) is 41.7. The molecule has 0 saturated carbocycles. The van der Waals surface area contributed by atoms with Crippen LogP contribution in [-0.2, 0) is 43.4 Å². The maximum Gasteiger partial charge on any atom is 3.00 e. The first-order chi connectivity index (χ1) is 18.8. The predicted octanol–water partition coefficient (Wildman–Crippen LogP) is 2.75. The standard InChI is InChI=1S/4C8H9NO.2FH.2Ti/c4*1-6-2-4-7(5-3-6)8(9)10;;;;/h4*2-5H,1H3,(H2,9,10);2*1H;;/q;;;;;;2*+3/p-6. The minimum Gasteiger partial charge on any atom is -1.00 e. The number of halogens is 2. The first kappa shape index (κ1) is 47.0. The van der Waals surface area contributed by atoms with E-state index in [0.717, 1.165) is 22.3 Å². The molecule has 0 atom stereocenters. The molecule has 0 heterocycles. The Bertz CT molecular complexity index is 1200. The number of amides is 4. The molecule has 0 aliphatic heterocycles. The van der Waals surface area contributed by atoms with Gasteiger partial charge in [-0.25, -0.2) is 0 Å². The van der Waals surface area contributed by atoms with Gasteiger partial charge in [0.15, 0.2) is 0 Å². The number of aryl methyl sites for hydroxylation is 4. The van der Waals surface area contributed by atoms with E-state index in [4.69, 9.17) is 22.9 Å². The van der Waals surface area contributed by atoms with Crippen LogP contribution in [-0.4, -0.2) is 23.6 Å². The van der Waals surface area contributed by atoms with Crippen LogP contribution in [0.1, 0.15) is 63.7 Å². The van der Waals surface area contributed by atoms with E-state index >= 15 is 0 Å². The Balaban J connectivity index is -0.000000235. The van der Waals surface area contributed by atoms with Crippen LogP contribution in [0, 0.1) is 27.7 Å². The molecule has 4 rings (SSSR count). The van der Waals surface area contributed by atoms with Crippen molar-refractivity contribution in [3.05, 3.63) is 165 Å². The summed E-state index contributed by atoms with van der Waals surface area (Å²) in [6, 6.07) is 27.8. The maximum atomic E-state index is 10.4. The van der Waals surface area contributed by atoms with E-state index in [0.29, 0.717) is 22.3 Å². The van der Waals surface area contributed by atoms with Crippen molar-refractivity contribution in [2.75, 3.05) is 0 Å². The minimum absolute atomic E-state index is 0. The van der Waals surface area contributed by atoms with Crippen molar-refractivity contribution in [1.82, 2.24) is 0 Å². The summed E-state index contributed by atoms with van der Waals surface area (Å²) in [5, 5.41) is 0. The number of benzene rings is 4. The third-order valence-electron chi connectivity index (χ3n) is 5.26. The molecule has 0 aliphatic rings. The zero-order chi connectivity index (χ0) is 30.2. The van der Waals surface area contributed by atoms with Crippen LogP contribution in [0.5, 0.6) is 0 Å². The Morgan fingerprint density at radius 3 is 0.545 bits per heavy atom. The van der Waals surface area contributed by atoms with Crippen LogP contribution in [0.15, 0.2) is 97.1 Å². The molecule has 0 spiro atoms. The van der Waals surface area contributed by atoms with Gasteiger partial charge in [0.1, 0.15) is 0 Å². The number of nitrogens with one attached hydrogen (secondary N) is 4. The number of rotatable bonds is 4. The molecule has 0 aromatic heterocycles. The molecule has 4 N–H and O–H groups in total. The molecule has 226 valence electrons. The molecule has 4 amide bonds. The summed E-state index contributed by atoms with van der Waals surface area (Å²) in [6.45, 7) is 7.77. The fraction of sp³-hybridized carbons (Fsp3) is 0.125. The Morgan fingerprint density at radius 1 is 0.341 bits per heavy atom. The summed E-state index contributed by atoms with van der Waals surface area (Å²) < 4.78 is 0. The number of carbonyl (C=O) groups excluding carboxylic acids is 4. The number of hydrogen-bond donors (Lipinski definition) is 0. The van der Waals surface area contributed by atoms with Crippen LogP contribution in [0.4, 0.5) is 0 Å². The van der Waals surface area contributed by atoms with Crippen molar-refractivity contribution >= 4 is 23.6 Å². The number of hydrogen-bond acceptors (Lipinski definition) is 4. The van der Waals surface area contributed by atoms with Crippen LogP contribution in [0.2, 0.25) is 0 Å². The van der Waals surface area contributed by atoms with Crippen molar-refractivity contribution in [3.63, 3.8) is 0 Å². The van der Waals surface area contributed by atoms with Crippen LogP contribution in [0.25, 0.3) is 22.9 Å². The van der Waals surface area contributed by atoms with Crippen molar-refractivity contribution < 1.29 is 72.0 Å². The van der Waals surface area contributed by atoms with Crippen molar-refractivity contribution in [2.24, 2.45) is 0 Å². The van der Waals surface area contributed by atoms with Gasteiger partial charge in [-0.3, -0.25) is 0 Å². The summed E-state index contributed by atoms with van der Waals surface area (Å²) in [7, 11) is 0. The number of carbonyl (C=O) groups is 4. The molecule has 0 aliphatic carbocycles. The molecule has 0 unspecified atom stereocenters. The molecule has 2 radical (unpaired) electrons. The average molecular weight is 670 g/mol. The van der Waals surface area contributed by atoms with Gasteiger partial charge in [0.25, 0.3) is 0 Å². The molecule has 8 nitrogen and oxygen atoms in total. The molecule has 0 saturated heterocycles. The summed E-state index contributed by atoms with van der Waals surface area (Å²) in [6.07, 6.45) is 0. The fourth-order valence-corrected chi connectivity index (χ4v) is 2.82. The topological polar surface area (TPSA) is 163 Å². The SMILES string of the molecule is Cc1ccc(C([NH-])=O)cc1.Cc1ccc(C([NH-])=O)cc1.Cc1ccc(C([NH-])=O)cc1.Cc1ccc(C([NH-])=O)cc1.[F-].[F-].[Ti+3].[Ti+3]. The Labute approximate surface area is 286 Å². The maximum absolute atomic E-state index is 10.4. The molecule has 4 aromatic rings. The molecule has 44 heavy (non-hydrogen) atoms. The quantitative estimate of drug-likeness (QED) is 0.305. The van der Waals surface area contributed by atoms with Gasteiger partial charge in [-0.05, 0) is 49.9 Å². The van der Waals surface area contributed by atoms with Crippen LogP contribution in [0.3, 0.4) is 0 Å². The van der Waals surface area contributed by atoms with E-state index in [-0.39, 0.29) is 52.8 Å². The first-order valence-corrected chi connectivity index (χ1v) is 12.1. The van der Waals surface area contributed by atoms with E-state index in [1.54, 1.807) is 48.5 Å². The molecule has 0 bridgehead atoms. The monoisotopic (exact) mass is 670 g/mol. The molecule has 12 heteroatoms. The molecule has 4 aromatic carbocycles. The van der Waals surface area contributed by atoms with Crippen molar-refractivity contribution in [2.45, 2.75) is 27.7 Å². The zero-order valence-corrected chi connectivity index (χ0v) is 27.7. The molecular formula is C32H32F2N4O4Ti2. The van der Waals surface area contributed by atoms with E-state index in [1.807, 2.05) is 76.2 Å². The summed E-state index contributed by atoms with van der Waals surface area (Å²) >= 11 is 0. The average Bonchev–Trinajstić information content (AvgIpc) is 2.91. The van der Waals surface area contributed by atoms with Gasteiger partial charge in [0.2, 0.25) is 0 Å². The van der Waals surface area contributed by atoms with E-state index in [1.165, 1.54) is 0 Å². The van der Waals surface area contributed by atoms with E-state index in [9.17, 15) is 19.2 Å². The largest absolute Gasteiger partial charge is 3.00 e. The second kappa shape index (κ2) is 24.5. The Hall–Kier alpha value is -3.95. The summed E-state index contributed by atoms with van der Waals surface area (Å²) in [5.74, 6) is -2.50. The normalized spacial score (nSPS) is 8.45. The van der Waals surface area contributed by atoms with E-state index < -0.39 is 23.6 Å². The molecular weight excluding hydrogens is 638 g/mol. The third-order valence-corrected chi connectivity index (χ3v) is 5.26. The predicted molar refractivity (Wildman–Crippen MR) is 159 cm³/mol. The van der Waals surface area contributed by atoms with E-state index in [2.05, 4.69) is 0 Å².